The van der Waals surface area contributed by atoms with E-state index in [-0.39, 0.29) is 17.1 Å². The van der Waals surface area contributed by atoms with Crippen LogP contribution in [0.15, 0.2) is 30.5 Å². The maximum atomic E-state index is 12.8. The number of aromatic nitrogens is 4. The zero-order valence-corrected chi connectivity index (χ0v) is 11.2. The van der Waals surface area contributed by atoms with E-state index in [0.29, 0.717) is 0 Å². The number of rotatable bonds is 6. The van der Waals surface area contributed by atoms with Crippen molar-refractivity contribution in [3.8, 4) is 11.8 Å². The first-order chi connectivity index (χ1) is 10.9. The van der Waals surface area contributed by atoms with E-state index in [1.807, 2.05) is 0 Å². The molecule has 0 amide bonds. The zero-order valence-electron chi connectivity index (χ0n) is 11.2. The summed E-state index contributed by atoms with van der Waals surface area (Å²) < 4.78 is 53.8. The van der Waals surface area contributed by atoms with Crippen LogP contribution in [-0.4, -0.2) is 33.2 Å². The van der Waals surface area contributed by atoms with Gasteiger partial charge in [0.25, 0.3) is 0 Å². The van der Waals surface area contributed by atoms with Crippen LogP contribution in [0.4, 0.5) is 23.2 Å². The summed E-state index contributed by atoms with van der Waals surface area (Å²) >= 11 is 0. The fourth-order valence-corrected chi connectivity index (χ4v) is 1.43. The number of hydrogen-bond donors (Lipinski definition) is 2. The molecule has 1 aromatic heterocycles. The molecular weight excluding hydrogens is 320 g/mol. The van der Waals surface area contributed by atoms with Gasteiger partial charge in [0.15, 0.2) is 0 Å². The Morgan fingerprint density at radius 1 is 1.43 bits per heavy atom. The Labute approximate surface area is 126 Å². The summed E-state index contributed by atoms with van der Waals surface area (Å²) in [6.45, 7) is 0. The molecular formula is C12H8F4N6O. The average molecular weight is 328 g/mol. The summed E-state index contributed by atoms with van der Waals surface area (Å²) in [6.07, 6.45) is -7.35. The molecule has 2 aromatic rings. The molecule has 0 fully saturated rings. The topological polar surface area (TPSA) is 99.5 Å². The van der Waals surface area contributed by atoms with Crippen LogP contribution >= 0.6 is 0 Å². The van der Waals surface area contributed by atoms with Crippen molar-refractivity contribution < 1.29 is 22.3 Å². The predicted molar refractivity (Wildman–Crippen MR) is 69.4 cm³/mol. The minimum Gasteiger partial charge on any atom is -0.428 e. The van der Waals surface area contributed by atoms with Crippen molar-refractivity contribution in [2.45, 2.75) is 12.5 Å². The number of halogens is 4. The molecule has 0 radical (unpaired) electrons. The standard InChI is InChI=1S/C12H8F4N6O/c13-11(14)12(15,16)23-9-3-1-2-8(4-9)18-6-7(5-17)10-19-21-22-20-10/h1-4,6,11,18H,(H,19,20,21,22)/b7-6+. The summed E-state index contributed by atoms with van der Waals surface area (Å²) in [6, 6.07) is 6.73. The van der Waals surface area contributed by atoms with E-state index in [0.717, 1.165) is 12.1 Å². The summed E-state index contributed by atoms with van der Waals surface area (Å²) in [5, 5.41) is 24.2. The van der Waals surface area contributed by atoms with Gasteiger partial charge in [0.2, 0.25) is 5.82 Å². The lowest BCUT2D eigenvalue weighted by Gasteiger charge is -2.17. The van der Waals surface area contributed by atoms with E-state index in [1.54, 1.807) is 6.07 Å². The Bertz CT molecular complexity index is 725. The third-order valence-electron chi connectivity index (χ3n) is 2.43. The molecule has 0 saturated carbocycles. The predicted octanol–water partition coefficient (Wildman–Crippen LogP) is 2.41. The van der Waals surface area contributed by atoms with E-state index < -0.39 is 18.3 Å². The second-order valence-electron chi connectivity index (χ2n) is 4.04. The molecule has 1 aromatic carbocycles. The molecule has 0 aliphatic carbocycles. The van der Waals surface area contributed by atoms with Crippen molar-refractivity contribution in [1.29, 1.82) is 5.26 Å². The highest BCUT2D eigenvalue weighted by molar-refractivity contribution is 5.74. The van der Waals surface area contributed by atoms with Gasteiger partial charge in [0, 0.05) is 18.0 Å². The number of alkyl halides is 4. The molecule has 120 valence electrons. The van der Waals surface area contributed by atoms with Crippen LogP contribution in [0, 0.1) is 11.3 Å². The SMILES string of the molecule is N#C/C(=C\Nc1cccc(OC(F)(F)C(F)F)c1)c1nn[nH]n1. The Morgan fingerprint density at radius 3 is 2.83 bits per heavy atom. The van der Waals surface area contributed by atoms with E-state index in [1.165, 1.54) is 18.3 Å². The first-order valence-corrected chi connectivity index (χ1v) is 5.98. The fourth-order valence-electron chi connectivity index (χ4n) is 1.43. The third kappa shape index (κ3) is 4.16. The number of H-pyrrole nitrogens is 1. The van der Waals surface area contributed by atoms with Gasteiger partial charge in [-0.05, 0) is 17.3 Å². The highest BCUT2D eigenvalue weighted by Gasteiger charge is 2.43. The summed E-state index contributed by atoms with van der Waals surface area (Å²) in [5.41, 5.74) is 0.242. The van der Waals surface area contributed by atoms with Crippen LogP contribution in [0.1, 0.15) is 5.82 Å². The first-order valence-electron chi connectivity index (χ1n) is 5.98. The molecule has 2 rings (SSSR count). The fraction of sp³-hybridized carbons (Fsp3) is 0.167. The molecule has 1 heterocycles. The number of tetrazole rings is 1. The van der Waals surface area contributed by atoms with Gasteiger partial charge in [-0.15, -0.1) is 10.2 Å². The van der Waals surface area contributed by atoms with Crippen molar-refractivity contribution in [3.63, 3.8) is 0 Å². The number of allylic oxidation sites excluding steroid dienone is 1. The second kappa shape index (κ2) is 6.73. The molecule has 11 heteroatoms. The Morgan fingerprint density at radius 2 is 2.22 bits per heavy atom. The molecule has 23 heavy (non-hydrogen) atoms. The van der Waals surface area contributed by atoms with E-state index in [4.69, 9.17) is 5.26 Å². The number of anilines is 1. The molecule has 0 saturated heterocycles. The van der Waals surface area contributed by atoms with Crippen LogP contribution in [0.5, 0.6) is 5.75 Å². The largest absolute Gasteiger partial charge is 0.461 e. The van der Waals surface area contributed by atoms with Crippen LogP contribution in [0.2, 0.25) is 0 Å². The van der Waals surface area contributed by atoms with Gasteiger partial charge in [-0.2, -0.15) is 28.0 Å². The van der Waals surface area contributed by atoms with Crippen LogP contribution in [0.3, 0.4) is 0 Å². The Hall–Kier alpha value is -3.16. The highest BCUT2D eigenvalue weighted by Crippen LogP contribution is 2.28. The number of nitrogens with zero attached hydrogens (tertiary/aromatic N) is 4. The van der Waals surface area contributed by atoms with Crippen molar-refractivity contribution in [1.82, 2.24) is 20.6 Å². The Balaban J connectivity index is 2.13. The van der Waals surface area contributed by atoms with Crippen LogP contribution in [-0.2, 0) is 0 Å². The normalized spacial score (nSPS) is 12.1. The number of aromatic amines is 1. The smallest absolute Gasteiger partial charge is 0.428 e. The van der Waals surface area contributed by atoms with Gasteiger partial charge in [0.05, 0.1) is 0 Å². The summed E-state index contributed by atoms with van der Waals surface area (Å²) in [7, 11) is 0. The molecule has 0 spiro atoms. The zero-order chi connectivity index (χ0) is 16.9. The van der Waals surface area contributed by atoms with Crippen molar-refractivity contribution in [2.75, 3.05) is 5.32 Å². The number of ether oxygens (including phenoxy) is 1. The van der Waals surface area contributed by atoms with E-state index in [9.17, 15) is 17.6 Å². The number of benzene rings is 1. The third-order valence-corrected chi connectivity index (χ3v) is 2.43. The molecule has 7 nitrogen and oxygen atoms in total. The van der Waals surface area contributed by atoms with Gasteiger partial charge in [0.1, 0.15) is 17.4 Å². The van der Waals surface area contributed by atoms with Gasteiger partial charge in [-0.25, -0.2) is 0 Å². The lowest BCUT2D eigenvalue weighted by molar-refractivity contribution is -0.253. The van der Waals surface area contributed by atoms with Gasteiger partial charge in [-0.1, -0.05) is 6.07 Å². The number of nitriles is 1. The first kappa shape index (κ1) is 16.2. The maximum Gasteiger partial charge on any atom is 0.461 e. The van der Waals surface area contributed by atoms with Gasteiger partial charge in [-0.3, -0.25) is 0 Å². The number of nitrogens with one attached hydrogen (secondary N) is 2. The van der Waals surface area contributed by atoms with Crippen molar-refractivity contribution >= 4 is 11.3 Å². The molecule has 0 aliphatic rings. The molecule has 0 unspecified atom stereocenters. The maximum absolute atomic E-state index is 12.8. The monoisotopic (exact) mass is 328 g/mol. The van der Waals surface area contributed by atoms with Crippen molar-refractivity contribution in [3.05, 3.63) is 36.3 Å². The summed E-state index contributed by atoms with van der Waals surface area (Å²) in [4.78, 5) is 0. The number of hydrogen-bond acceptors (Lipinski definition) is 6. The second-order valence-corrected chi connectivity index (χ2v) is 4.04. The highest BCUT2D eigenvalue weighted by atomic mass is 19.3. The molecule has 0 aliphatic heterocycles. The molecule has 0 atom stereocenters. The minimum atomic E-state index is -4.60. The summed E-state index contributed by atoms with van der Waals surface area (Å²) in [5.74, 6) is -0.441. The van der Waals surface area contributed by atoms with E-state index >= 15 is 0 Å². The molecule has 0 bridgehead atoms. The van der Waals surface area contributed by atoms with Gasteiger partial charge < -0.3 is 10.1 Å². The van der Waals surface area contributed by atoms with Crippen LogP contribution < -0.4 is 10.1 Å². The molecule has 2 N–H and O–H groups in total. The minimum absolute atomic E-state index is 0.0166. The average Bonchev–Trinajstić information content (AvgIpc) is 3.02. The Kier molecular flexibility index (Phi) is 4.75. The lowest BCUT2D eigenvalue weighted by atomic mass is 10.2. The van der Waals surface area contributed by atoms with Crippen LogP contribution in [0.25, 0.3) is 5.57 Å². The van der Waals surface area contributed by atoms with Gasteiger partial charge >= 0.3 is 12.5 Å². The quantitative estimate of drug-likeness (QED) is 0.624. The van der Waals surface area contributed by atoms with E-state index in [2.05, 4.69) is 30.7 Å². The van der Waals surface area contributed by atoms with Crippen molar-refractivity contribution in [2.24, 2.45) is 0 Å². The lowest BCUT2D eigenvalue weighted by Crippen LogP contribution is -2.33.